The summed E-state index contributed by atoms with van der Waals surface area (Å²) in [6.45, 7) is 0.553. The first-order valence-corrected chi connectivity index (χ1v) is 6.61. The molecule has 0 amide bonds. The van der Waals surface area contributed by atoms with E-state index in [0.29, 0.717) is 18.2 Å². The molecular weight excluding hydrogens is 263 g/mol. The van der Waals surface area contributed by atoms with Gasteiger partial charge >= 0.3 is 0 Å². The molecule has 0 spiro atoms. The molecule has 2 aromatic carbocycles. The fourth-order valence-electron chi connectivity index (χ4n) is 2.20. The molecule has 3 rings (SSSR count). The van der Waals surface area contributed by atoms with Crippen LogP contribution < -0.4 is 5.32 Å². The Hall–Kier alpha value is -1.81. The fraction of sp³-hybridized carbons (Fsp3) is 0.250. The molecule has 1 nitrogen and oxygen atoms in total. The third-order valence-corrected chi connectivity index (χ3v) is 3.45. The largest absolute Gasteiger partial charge is 0.310 e. The maximum Gasteiger partial charge on any atom is 0.133 e. The second-order valence-corrected chi connectivity index (χ2v) is 5.08. The molecule has 1 aliphatic carbocycles. The van der Waals surface area contributed by atoms with Crippen molar-refractivity contribution < 1.29 is 13.2 Å². The highest BCUT2D eigenvalue weighted by atomic mass is 19.1. The molecule has 0 aromatic heterocycles. The van der Waals surface area contributed by atoms with E-state index >= 15 is 0 Å². The van der Waals surface area contributed by atoms with E-state index < -0.39 is 17.5 Å². The average molecular weight is 277 g/mol. The Labute approximate surface area is 115 Å². The Morgan fingerprint density at radius 3 is 2.30 bits per heavy atom. The van der Waals surface area contributed by atoms with Gasteiger partial charge in [0, 0.05) is 24.2 Å². The summed E-state index contributed by atoms with van der Waals surface area (Å²) in [6.07, 6.45) is 2.28. The normalized spacial score (nSPS) is 14.6. The second-order valence-electron chi connectivity index (χ2n) is 5.08. The maximum atomic E-state index is 13.9. The second kappa shape index (κ2) is 5.29. The topological polar surface area (TPSA) is 12.0 Å². The van der Waals surface area contributed by atoms with E-state index in [0.717, 1.165) is 24.5 Å². The molecule has 1 aliphatic rings. The van der Waals surface area contributed by atoms with Gasteiger partial charge in [0.15, 0.2) is 0 Å². The van der Waals surface area contributed by atoms with Gasteiger partial charge in [-0.3, -0.25) is 0 Å². The lowest BCUT2D eigenvalue weighted by Crippen LogP contribution is -2.16. The van der Waals surface area contributed by atoms with Crippen molar-refractivity contribution in [2.75, 3.05) is 0 Å². The van der Waals surface area contributed by atoms with Gasteiger partial charge in [-0.25, -0.2) is 13.2 Å². The smallest absolute Gasteiger partial charge is 0.133 e. The molecule has 0 heterocycles. The Morgan fingerprint density at radius 1 is 0.900 bits per heavy atom. The zero-order chi connectivity index (χ0) is 14.1. The van der Waals surface area contributed by atoms with Crippen LogP contribution in [0.2, 0.25) is 0 Å². The maximum absolute atomic E-state index is 13.9. The summed E-state index contributed by atoms with van der Waals surface area (Å²) < 4.78 is 40.3. The lowest BCUT2D eigenvalue weighted by atomic mass is 9.98. The van der Waals surface area contributed by atoms with E-state index in [4.69, 9.17) is 0 Å². The van der Waals surface area contributed by atoms with E-state index in [1.807, 2.05) is 0 Å². The van der Waals surface area contributed by atoms with Crippen molar-refractivity contribution in [2.24, 2.45) is 0 Å². The summed E-state index contributed by atoms with van der Waals surface area (Å²) in [5.74, 6) is -1.75. The Morgan fingerprint density at radius 2 is 1.60 bits per heavy atom. The minimum absolute atomic E-state index is 0.221. The molecule has 2 aromatic rings. The highest BCUT2D eigenvalue weighted by Crippen LogP contribution is 2.29. The predicted octanol–water partition coefficient (Wildman–Crippen LogP) is 4.02. The third-order valence-electron chi connectivity index (χ3n) is 3.45. The molecular formula is C16H14F3N. The van der Waals surface area contributed by atoms with E-state index in [1.54, 1.807) is 6.07 Å². The van der Waals surface area contributed by atoms with Gasteiger partial charge in [-0.1, -0.05) is 6.07 Å². The summed E-state index contributed by atoms with van der Waals surface area (Å²) in [5, 5.41) is 3.31. The van der Waals surface area contributed by atoms with Crippen LogP contribution in [0, 0.1) is 17.5 Å². The van der Waals surface area contributed by atoms with Crippen LogP contribution in [0.1, 0.15) is 18.4 Å². The molecule has 0 saturated heterocycles. The summed E-state index contributed by atoms with van der Waals surface area (Å²) in [4.78, 5) is 0. The Kier molecular flexibility index (Phi) is 3.49. The molecule has 0 bridgehead atoms. The predicted molar refractivity (Wildman–Crippen MR) is 71.6 cm³/mol. The van der Waals surface area contributed by atoms with E-state index in [-0.39, 0.29) is 5.56 Å². The Bertz CT molecular complexity index is 636. The van der Waals surface area contributed by atoms with Gasteiger partial charge in [0.25, 0.3) is 0 Å². The highest BCUT2D eigenvalue weighted by molar-refractivity contribution is 5.68. The van der Waals surface area contributed by atoms with Crippen molar-refractivity contribution in [3.63, 3.8) is 0 Å². The van der Waals surface area contributed by atoms with Gasteiger partial charge in [-0.05, 0) is 48.2 Å². The lowest BCUT2D eigenvalue weighted by Gasteiger charge is -2.12. The first-order chi connectivity index (χ1) is 9.63. The van der Waals surface area contributed by atoms with Gasteiger partial charge in [0.2, 0.25) is 0 Å². The lowest BCUT2D eigenvalue weighted by molar-refractivity contribution is 0.585. The van der Waals surface area contributed by atoms with Crippen molar-refractivity contribution in [1.29, 1.82) is 0 Å². The van der Waals surface area contributed by atoms with Crippen LogP contribution in [0.3, 0.4) is 0 Å². The molecule has 20 heavy (non-hydrogen) atoms. The SMILES string of the molecule is Fc1ccc(-c2cc(F)ccc2CNC2CC2)c(F)c1. The number of nitrogens with one attached hydrogen (secondary N) is 1. The molecule has 0 radical (unpaired) electrons. The summed E-state index contributed by atoms with van der Waals surface area (Å²) in [7, 11) is 0. The van der Waals surface area contributed by atoms with Crippen molar-refractivity contribution in [3.8, 4) is 11.1 Å². The monoisotopic (exact) mass is 277 g/mol. The van der Waals surface area contributed by atoms with Crippen molar-refractivity contribution in [1.82, 2.24) is 5.32 Å². The van der Waals surface area contributed by atoms with Crippen LogP contribution in [0.25, 0.3) is 11.1 Å². The van der Waals surface area contributed by atoms with Crippen molar-refractivity contribution >= 4 is 0 Å². The number of benzene rings is 2. The van der Waals surface area contributed by atoms with Crippen LogP contribution >= 0.6 is 0 Å². The van der Waals surface area contributed by atoms with Crippen LogP contribution in [-0.2, 0) is 6.54 Å². The van der Waals surface area contributed by atoms with Gasteiger partial charge in [0.05, 0.1) is 0 Å². The molecule has 4 heteroatoms. The zero-order valence-corrected chi connectivity index (χ0v) is 10.8. The minimum atomic E-state index is -0.678. The summed E-state index contributed by atoms with van der Waals surface area (Å²) in [5.41, 5.74) is 1.50. The van der Waals surface area contributed by atoms with Crippen molar-refractivity contribution in [3.05, 3.63) is 59.4 Å². The van der Waals surface area contributed by atoms with Crippen LogP contribution in [0.4, 0.5) is 13.2 Å². The fourth-order valence-corrected chi connectivity index (χ4v) is 2.20. The number of hydrogen-bond donors (Lipinski definition) is 1. The van der Waals surface area contributed by atoms with E-state index in [2.05, 4.69) is 5.32 Å². The Balaban J connectivity index is 1.98. The zero-order valence-electron chi connectivity index (χ0n) is 10.8. The molecule has 104 valence electrons. The van der Waals surface area contributed by atoms with Crippen LogP contribution in [0.5, 0.6) is 0 Å². The standard InChI is InChI=1S/C16H14F3N/c17-11-2-1-10(9-20-13-4-5-13)15(7-11)14-6-3-12(18)8-16(14)19/h1-3,6-8,13,20H,4-5,9H2. The van der Waals surface area contributed by atoms with Gasteiger partial charge < -0.3 is 5.32 Å². The first kappa shape index (κ1) is 13.2. The van der Waals surface area contributed by atoms with E-state index in [9.17, 15) is 13.2 Å². The van der Waals surface area contributed by atoms with Crippen molar-refractivity contribution in [2.45, 2.75) is 25.4 Å². The summed E-state index contributed by atoms with van der Waals surface area (Å²) in [6, 6.07) is 8.14. The van der Waals surface area contributed by atoms with Crippen LogP contribution in [-0.4, -0.2) is 6.04 Å². The van der Waals surface area contributed by atoms with Gasteiger partial charge in [0.1, 0.15) is 17.5 Å². The van der Waals surface area contributed by atoms with E-state index in [1.165, 1.54) is 24.3 Å². The third kappa shape index (κ3) is 2.85. The summed E-state index contributed by atoms with van der Waals surface area (Å²) >= 11 is 0. The van der Waals surface area contributed by atoms with Gasteiger partial charge in [-0.2, -0.15) is 0 Å². The number of rotatable bonds is 4. The molecule has 1 saturated carbocycles. The molecule has 1 N–H and O–H groups in total. The minimum Gasteiger partial charge on any atom is -0.310 e. The molecule has 0 unspecified atom stereocenters. The molecule has 0 aliphatic heterocycles. The first-order valence-electron chi connectivity index (χ1n) is 6.61. The number of hydrogen-bond acceptors (Lipinski definition) is 1. The molecule has 0 atom stereocenters. The highest BCUT2D eigenvalue weighted by Gasteiger charge is 2.21. The molecule has 1 fully saturated rings. The quantitative estimate of drug-likeness (QED) is 0.890. The van der Waals surface area contributed by atoms with Gasteiger partial charge in [-0.15, -0.1) is 0 Å². The van der Waals surface area contributed by atoms with Crippen LogP contribution in [0.15, 0.2) is 36.4 Å². The number of halogens is 3. The average Bonchev–Trinajstić information content (AvgIpc) is 3.21.